The minimum absolute atomic E-state index is 0.199. The number of aromatic nitrogens is 1. The lowest BCUT2D eigenvalue weighted by Gasteiger charge is -2.22. The predicted molar refractivity (Wildman–Crippen MR) is 63.7 cm³/mol. The molecular formula is C12H15N3O3. The van der Waals surface area contributed by atoms with Crippen molar-refractivity contribution in [3.05, 3.63) is 30.1 Å². The minimum atomic E-state index is -0.599. The maximum atomic E-state index is 12.2. The fraction of sp³-hybridized carbons (Fsp3) is 0.417. The van der Waals surface area contributed by atoms with Gasteiger partial charge in [-0.2, -0.15) is 0 Å². The Kier molecular flexibility index (Phi) is 3.57. The van der Waals surface area contributed by atoms with Crippen molar-refractivity contribution in [1.82, 2.24) is 9.88 Å². The normalized spacial score (nSPS) is 22.9. The molecule has 0 saturated carbocycles. The van der Waals surface area contributed by atoms with Gasteiger partial charge in [0.05, 0.1) is 12.7 Å². The van der Waals surface area contributed by atoms with Crippen LogP contribution in [0.15, 0.2) is 24.5 Å². The summed E-state index contributed by atoms with van der Waals surface area (Å²) in [6, 6.07) is 2.54. The van der Waals surface area contributed by atoms with Crippen LogP contribution in [0.4, 0.5) is 0 Å². The lowest BCUT2D eigenvalue weighted by molar-refractivity contribution is -0.145. The number of carbonyl (C=O) groups excluding carboxylic acids is 2. The molecule has 1 aromatic rings. The second-order valence-corrected chi connectivity index (χ2v) is 4.23. The van der Waals surface area contributed by atoms with Gasteiger partial charge in [0, 0.05) is 25.0 Å². The molecule has 1 aliphatic rings. The quantitative estimate of drug-likeness (QED) is 0.733. The first kappa shape index (κ1) is 12.5. The summed E-state index contributed by atoms with van der Waals surface area (Å²) in [6.07, 6.45) is 3.49. The highest BCUT2D eigenvalue weighted by Crippen LogP contribution is 2.20. The van der Waals surface area contributed by atoms with Crippen LogP contribution in [-0.4, -0.2) is 47.5 Å². The third-order valence-corrected chi connectivity index (χ3v) is 2.98. The monoisotopic (exact) mass is 249 g/mol. The second kappa shape index (κ2) is 5.14. The number of hydrogen-bond donors (Lipinski definition) is 1. The first-order valence-corrected chi connectivity index (χ1v) is 5.68. The molecule has 0 aliphatic carbocycles. The van der Waals surface area contributed by atoms with Crippen LogP contribution in [0.3, 0.4) is 0 Å². The molecular weight excluding hydrogens is 234 g/mol. The summed E-state index contributed by atoms with van der Waals surface area (Å²) >= 11 is 0. The van der Waals surface area contributed by atoms with Gasteiger partial charge in [0.1, 0.15) is 6.04 Å². The molecule has 0 radical (unpaired) electrons. The molecule has 2 atom stereocenters. The molecule has 2 heterocycles. The Hall–Kier alpha value is -1.95. The number of likely N-dealkylation sites (tertiary alicyclic amines) is 1. The van der Waals surface area contributed by atoms with Gasteiger partial charge in [-0.25, -0.2) is 4.79 Å². The second-order valence-electron chi connectivity index (χ2n) is 4.23. The maximum absolute atomic E-state index is 12.2. The number of esters is 1. The van der Waals surface area contributed by atoms with Gasteiger partial charge in [-0.05, 0) is 18.6 Å². The van der Waals surface area contributed by atoms with Gasteiger partial charge in [-0.15, -0.1) is 0 Å². The summed E-state index contributed by atoms with van der Waals surface area (Å²) in [5.41, 5.74) is 6.25. The van der Waals surface area contributed by atoms with E-state index in [1.807, 2.05) is 0 Å². The molecule has 1 amide bonds. The Balaban J connectivity index is 2.21. The fourth-order valence-corrected chi connectivity index (χ4v) is 2.11. The van der Waals surface area contributed by atoms with Crippen LogP contribution < -0.4 is 5.73 Å². The Morgan fingerprint density at radius 3 is 2.94 bits per heavy atom. The minimum Gasteiger partial charge on any atom is -0.467 e. The van der Waals surface area contributed by atoms with Gasteiger partial charge in [-0.3, -0.25) is 9.78 Å². The van der Waals surface area contributed by atoms with E-state index < -0.39 is 12.0 Å². The van der Waals surface area contributed by atoms with E-state index in [4.69, 9.17) is 10.5 Å². The van der Waals surface area contributed by atoms with Crippen molar-refractivity contribution in [3.8, 4) is 0 Å². The molecule has 1 fully saturated rings. The zero-order valence-electron chi connectivity index (χ0n) is 10.1. The summed E-state index contributed by atoms with van der Waals surface area (Å²) in [6.45, 7) is 0.355. The van der Waals surface area contributed by atoms with Crippen molar-refractivity contribution in [2.45, 2.75) is 18.5 Å². The van der Waals surface area contributed by atoms with Crippen LogP contribution in [0.1, 0.15) is 16.8 Å². The lowest BCUT2D eigenvalue weighted by atomic mass is 10.2. The van der Waals surface area contributed by atoms with E-state index in [9.17, 15) is 9.59 Å². The number of hydrogen-bond acceptors (Lipinski definition) is 5. The fourth-order valence-electron chi connectivity index (χ4n) is 2.11. The SMILES string of the molecule is COC(=O)[C@@H]1C[C@H](N)CN1C(=O)c1cccnc1. The van der Waals surface area contributed by atoms with E-state index in [1.165, 1.54) is 18.2 Å². The molecule has 0 unspecified atom stereocenters. The molecule has 0 aromatic carbocycles. The van der Waals surface area contributed by atoms with E-state index in [1.54, 1.807) is 18.3 Å². The summed E-state index contributed by atoms with van der Waals surface area (Å²) in [7, 11) is 1.30. The summed E-state index contributed by atoms with van der Waals surface area (Å²) in [5.74, 6) is -0.674. The van der Waals surface area contributed by atoms with Gasteiger partial charge in [0.15, 0.2) is 0 Å². The first-order chi connectivity index (χ1) is 8.63. The average molecular weight is 249 g/mol. The van der Waals surface area contributed by atoms with Crippen LogP contribution in [-0.2, 0) is 9.53 Å². The molecule has 6 heteroatoms. The van der Waals surface area contributed by atoms with Crippen molar-refractivity contribution in [1.29, 1.82) is 0 Å². The summed E-state index contributed by atoms with van der Waals surface area (Å²) < 4.78 is 4.69. The Labute approximate surface area is 105 Å². The van der Waals surface area contributed by atoms with Crippen LogP contribution in [0, 0.1) is 0 Å². The van der Waals surface area contributed by atoms with Crippen LogP contribution in [0.5, 0.6) is 0 Å². The highest BCUT2D eigenvalue weighted by atomic mass is 16.5. The van der Waals surface area contributed by atoms with Crippen LogP contribution >= 0.6 is 0 Å². The number of amides is 1. The van der Waals surface area contributed by atoms with E-state index in [2.05, 4.69) is 4.98 Å². The molecule has 96 valence electrons. The average Bonchev–Trinajstić information content (AvgIpc) is 2.80. The molecule has 0 spiro atoms. The first-order valence-electron chi connectivity index (χ1n) is 5.68. The predicted octanol–water partition coefficient (Wildman–Crippen LogP) is -0.204. The standard InChI is InChI=1S/C12H15N3O3/c1-18-12(17)10-5-9(13)7-15(10)11(16)8-3-2-4-14-6-8/h2-4,6,9-10H,5,7,13H2,1H3/t9-,10-/m0/s1. The Morgan fingerprint density at radius 1 is 1.56 bits per heavy atom. The molecule has 0 bridgehead atoms. The molecule has 6 nitrogen and oxygen atoms in total. The summed E-state index contributed by atoms with van der Waals surface area (Å²) in [5, 5.41) is 0. The zero-order chi connectivity index (χ0) is 13.1. The van der Waals surface area contributed by atoms with Crippen LogP contribution in [0.2, 0.25) is 0 Å². The van der Waals surface area contributed by atoms with Crippen molar-refractivity contribution in [2.75, 3.05) is 13.7 Å². The molecule has 1 saturated heterocycles. The van der Waals surface area contributed by atoms with Gasteiger partial charge in [0.2, 0.25) is 0 Å². The Bertz CT molecular complexity index is 449. The van der Waals surface area contributed by atoms with Crippen LogP contribution in [0.25, 0.3) is 0 Å². The van der Waals surface area contributed by atoms with E-state index in [0.717, 1.165) is 0 Å². The summed E-state index contributed by atoms with van der Waals surface area (Å²) in [4.78, 5) is 29.2. The molecule has 1 aromatic heterocycles. The number of pyridine rings is 1. The lowest BCUT2D eigenvalue weighted by Crippen LogP contribution is -2.41. The number of carbonyl (C=O) groups is 2. The van der Waals surface area contributed by atoms with Gasteiger partial charge >= 0.3 is 5.97 Å². The topological polar surface area (TPSA) is 85.5 Å². The smallest absolute Gasteiger partial charge is 0.328 e. The largest absolute Gasteiger partial charge is 0.467 e. The third kappa shape index (κ3) is 2.33. The van der Waals surface area contributed by atoms with Crippen molar-refractivity contribution in [3.63, 3.8) is 0 Å². The molecule has 2 rings (SSSR count). The van der Waals surface area contributed by atoms with Crippen molar-refractivity contribution < 1.29 is 14.3 Å². The zero-order valence-corrected chi connectivity index (χ0v) is 10.1. The van der Waals surface area contributed by atoms with Gasteiger partial charge < -0.3 is 15.4 Å². The van der Waals surface area contributed by atoms with Gasteiger partial charge in [0.25, 0.3) is 5.91 Å². The highest BCUT2D eigenvalue weighted by Gasteiger charge is 2.39. The molecule has 18 heavy (non-hydrogen) atoms. The number of rotatable bonds is 2. The highest BCUT2D eigenvalue weighted by molar-refractivity contribution is 5.97. The molecule has 2 N–H and O–H groups in total. The number of nitrogens with zero attached hydrogens (tertiary/aromatic N) is 2. The van der Waals surface area contributed by atoms with Crippen molar-refractivity contribution in [2.24, 2.45) is 5.73 Å². The van der Waals surface area contributed by atoms with E-state index in [0.29, 0.717) is 18.5 Å². The van der Waals surface area contributed by atoms with Gasteiger partial charge in [-0.1, -0.05) is 0 Å². The Morgan fingerprint density at radius 2 is 2.33 bits per heavy atom. The third-order valence-electron chi connectivity index (χ3n) is 2.98. The van der Waals surface area contributed by atoms with E-state index >= 15 is 0 Å². The van der Waals surface area contributed by atoms with Crippen molar-refractivity contribution >= 4 is 11.9 Å². The molecule has 1 aliphatic heterocycles. The number of nitrogens with two attached hydrogens (primary N) is 1. The maximum Gasteiger partial charge on any atom is 0.328 e. The van der Waals surface area contributed by atoms with E-state index in [-0.39, 0.29) is 11.9 Å². The number of methoxy groups -OCH3 is 1. The number of ether oxygens (including phenoxy) is 1.